The van der Waals surface area contributed by atoms with Gasteiger partial charge >= 0.3 is 0 Å². The smallest absolute Gasteiger partial charge is 0.0207 e. The molecule has 1 aliphatic carbocycles. The van der Waals surface area contributed by atoms with Gasteiger partial charge in [0.05, 0.1) is 0 Å². The zero-order chi connectivity index (χ0) is 12.1. The zero-order valence-electron chi connectivity index (χ0n) is 10.6. The highest BCUT2D eigenvalue weighted by molar-refractivity contribution is 9.10. The van der Waals surface area contributed by atoms with Crippen LogP contribution in [0.4, 0.5) is 0 Å². The summed E-state index contributed by atoms with van der Waals surface area (Å²) in [4.78, 5) is 0. The normalized spacial score (nSPS) is 17.8. The van der Waals surface area contributed by atoms with Crippen molar-refractivity contribution in [1.29, 1.82) is 0 Å². The van der Waals surface area contributed by atoms with E-state index in [0.29, 0.717) is 5.41 Å². The van der Waals surface area contributed by atoms with Gasteiger partial charge in [0.2, 0.25) is 0 Å². The summed E-state index contributed by atoms with van der Waals surface area (Å²) in [6, 6.07) is 8.65. The minimum absolute atomic E-state index is 0.527. The second kappa shape index (κ2) is 6.01. The molecular weight excluding hydrogens is 274 g/mol. The second-order valence-corrected chi connectivity index (χ2v) is 6.15. The molecule has 1 fully saturated rings. The average Bonchev–Trinajstić information content (AvgIpc) is 2.28. The lowest BCUT2D eigenvalue weighted by atomic mass is 9.65. The lowest BCUT2D eigenvalue weighted by molar-refractivity contribution is 0.130. The van der Waals surface area contributed by atoms with Crippen LogP contribution < -0.4 is 5.32 Å². The Morgan fingerprint density at radius 1 is 1.29 bits per heavy atom. The molecule has 1 N–H and O–H groups in total. The molecule has 0 spiro atoms. The van der Waals surface area contributed by atoms with Gasteiger partial charge in [0, 0.05) is 11.0 Å². The number of nitrogens with one attached hydrogen (secondary N) is 1. The predicted molar refractivity (Wildman–Crippen MR) is 77.3 cm³/mol. The summed E-state index contributed by atoms with van der Waals surface area (Å²) in [6.45, 7) is 4.56. The maximum Gasteiger partial charge on any atom is 0.0207 e. The third kappa shape index (κ3) is 3.32. The fourth-order valence-electron chi connectivity index (χ4n) is 2.67. The van der Waals surface area contributed by atoms with Crippen LogP contribution in [0.25, 0.3) is 0 Å². The Morgan fingerprint density at radius 3 is 2.65 bits per heavy atom. The van der Waals surface area contributed by atoms with E-state index in [9.17, 15) is 0 Å². The molecular formula is C15H22BrN. The van der Waals surface area contributed by atoms with E-state index in [4.69, 9.17) is 0 Å². The Kier molecular flexibility index (Phi) is 4.63. The SMILES string of the molecule is CCCNCC1(Cc2ccccc2Br)CCC1. The van der Waals surface area contributed by atoms with Crippen molar-refractivity contribution in [1.82, 2.24) is 5.32 Å². The lowest BCUT2D eigenvalue weighted by Crippen LogP contribution is -2.42. The van der Waals surface area contributed by atoms with E-state index in [1.165, 1.54) is 48.7 Å². The Bertz CT molecular complexity index is 358. The van der Waals surface area contributed by atoms with Gasteiger partial charge in [-0.25, -0.2) is 0 Å². The zero-order valence-corrected chi connectivity index (χ0v) is 12.2. The standard InChI is InChI=1S/C15H22BrN/c1-2-10-17-12-15(8-5-9-15)11-13-6-3-4-7-14(13)16/h3-4,6-7,17H,2,5,8-12H2,1H3. The van der Waals surface area contributed by atoms with Crippen LogP contribution in [0, 0.1) is 5.41 Å². The van der Waals surface area contributed by atoms with E-state index < -0.39 is 0 Å². The quantitative estimate of drug-likeness (QED) is 0.777. The minimum Gasteiger partial charge on any atom is -0.316 e. The van der Waals surface area contributed by atoms with Crippen LogP contribution in [0.15, 0.2) is 28.7 Å². The second-order valence-electron chi connectivity index (χ2n) is 5.30. The number of hydrogen-bond donors (Lipinski definition) is 1. The van der Waals surface area contributed by atoms with Gasteiger partial charge in [0.25, 0.3) is 0 Å². The van der Waals surface area contributed by atoms with Crippen LogP contribution in [0.2, 0.25) is 0 Å². The highest BCUT2D eigenvalue weighted by atomic mass is 79.9. The summed E-state index contributed by atoms with van der Waals surface area (Å²) >= 11 is 3.66. The lowest BCUT2D eigenvalue weighted by Gasteiger charge is -2.42. The Hall–Kier alpha value is -0.340. The van der Waals surface area contributed by atoms with Crippen LogP contribution in [0.3, 0.4) is 0 Å². The number of benzene rings is 1. The molecule has 0 saturated heterocycles. The fraction of sp³-hybridized carbons (Fsp3) is 0.600. The monoisotopic (exact) mass is 295 g/mol. The van der Waals surface area contributed by atoms with Gasteiger partial charge in [0.1, 0.15) is 0 Å². The Labute approximate surface area is 113 Å². The number of halogens is 1. The fourth-order valence-corrected chi connectivity index (χ4v) is 3.09. The van der Waals surface area contributed by atoms with E-state index >= 15 is 0 Å². The molecule has 0 radical (unpaired) electrons. The van der Waals surface area contributed by atoms with E-state index in [0.717, 1.165) is 6.54 Å². The molecule has 2 rings (SSSR count). The highest BCUT2D eigenvalue weighted by Gasteiger charge is 2.36. The molecule has 0 amide bonds. The summed E-state index contributed by atoms with van der Waals surface area (Å²) in [5, 5.41) is 3.60. The van der Waals surface area contributed by atoms with Crippen molar-refractivity contribution in [2.75, 3.05) is 13.1 Å². The third-order valence-electron chi connectivity index (χ3n) is 3.86. The minimum atomic E-state index is 0.527. The van der Waals surface area contributed by atoms with Gasteiger partial charge in [-0.15, -0.1) is 0 Å². The van der Waals surface area contributed by atoms with Gasteiger partial charge in [-0.3, -0.25) is 0 Å². The third-order valence-corrected chi connectivity index (χ3v) is 4.64. The summed E-state index contributed by atoms with van der Waals surface area (Å²) in [5.41, 5.74) is 1.99. The summed E-state index contributed by atoms with van der Waals surface area (Å²) in [6.07, 6.45) is 6.60. The largest absolute Gasteiger partial charge is 0.316 e. The molecule has 0 atom stereocenters. The molecule has 1 aliphatic rings. The molecule has 17 heavy (non-hydrogen) atoms. The summed E-state index contributed by atoms with van der Waals surface area (Å²) in [7, 11) is 0. The topological polar surface area (TPSA) is 12.0 Å². The first kappa shape index (κ1) is 13.1. The van der Waals surface area contributed by atoms with Crippen molar-refractivity contribution >= 4 is 15.9 Å². The van der Waals surface area contributed by atoms with Crippen molar-refractivity contribution < 1.29 is 0 Å². The summed E-state index contributed by atoms with van der Waals surface area (Å²) in [5.74, 6) is 0. The van der Waals surface area contributed by atoms with Gasteiger partial charge < -0.3 is 5.32 Å². The van der Waals surface area contributed by atoms with Crippen molar-refractivity contribution in [3.8, 4) is 0 Å². The number of hydrogen-bond acceptors (Lipinski definition) is 1. The van der Waals surface area contributed by atoms with E-state index in [1.807, 2.05) is 0 Å². The predicted octanol–water partition coefficient (Wildman–Crippen LogP) is 4.16. The molecule has 0 unspecified atom stereocenters. The molecule has 0 heterocycles. The molecule has 2 heteroatoms. The van der Waals surface area contributed by atoms with Gasteiger partial charge in [-0.05, 0) is 49.3 Å². The van der Waals surface area contributed by atoms with Crippen LogP contribution >= 0.6 is 15.9 Å². The van der Waals surface area contributed by atoms with E-state index in [-0.39, 0.29) is 0 Å². The first-order valence-electron chi connectivity index (χ1n) is 6.70. The number of rotatable bonds is 6. The van der Waals surface area contributed by atoms with E-state index in [2.05, 4.69) is 52.4 Å². The first-order chi connectivity index (χ1) is 8.26. The molecule has 1 saturated carbocycles. The van der Waals surface area contributed by atoms with Crippen molar-refractivity contribution in [2.24, 2.45) is 5.41 Å². The molecule has 1 aromatic carbocycles. The highest BCUT2D eigenvalue weighted by Crippen LogP contribution is 2.44. The van der Waals surface area contributed by atoms with E-state index in [1.54, 1.807) is 0 Å². The molecule has 0 aliphatic heterocycles. The molecule has 0 aromatic heterocycles. The van der Waals surface area contributed by atoms with Gasteiger partial charge in [-0.1, -0.05) is 47.5 Å². The van der Waals surface area contributed by atoms with Gasteiger partial charge in [0.15, 0.2) is 0 Å². The van der Waals surface area contributed by atoms with Crippen molar-refractivity contribution in [3.63, 3.8) is 0 Å². The molecule has 1 aromatic rings. The van der Waals surface area contributed by atoms with Crippen molar-refractivity contribution in [3.05, 3.63) is 34.3 Å². The maximum atomic E-state index is 3.66. The molecule has 94 valence electrons. The molecule has 1 nitrogen and oxygen atoms in total. The van der Waals surface area contributed by atoms with Crippen LogP contribution in [-0.4, -0.2) is 13.1 Å². The van der Waals surface area contributed by atoms with Crippen LogP contribution in [-0.2, 0) is 6.42 Å². The van der Waals surface area contributed by atoms with Crippen molar-refractivity contribution in [2.45, 2.75) is 39.0 Å². The Morgan fingerprint density at radius 2 is 2.06 bits per heavy atom. The maximum absolute atomic E-state index is 3.66. The van der Waals surface area contributed by atoms with Crippen LogP contribution in [0.5, 0.6) is 0 Å². The van der Waals surface area contributed by atoms with Gasteiger partial charge in [-0.2, -0.15) is 0 Å². The first-order valence-corrected chi connectivity index (χ1v) is 7.49. The average molecular weight is 296 g/mol. The summed E-state index contributed by atoms with van der Waals surface area (Å²) < 4.78 is 1.27. The van der Waals surface area contributed by atoms with Crippen LogP contribution in [0.1, 0.15) is 38.2 Å². The molecule has 0 bridgehead atoms. The Balaban J connectivity index is 1.97.